The summed E-state index contributed by atoms with van der Waals surface area (Å²) >= 11 is 0. The van der Waals surface area contributed by atoms with Crippen molar-refractivity contribution in [2.24, 2.45) is 11.8 Å². The predicted octanol–water partition coefficient (Wildman–Crippen LogP) is 2.96. The molecule has 0 unspecified atom stereocenters. The molecule has 2 N–H and O–H groups in total. The van der Waals surface area contributed by atoms with Crippen LogP contribution in [0.3, 0.4) is 0 Å². The normalized spacial score (nSPS) is 23.7. The van der Waals surface area contributed by atoms with Crippen LogP contribution in [0.5, 0.6) is 0 Å². The molecule has 0 saturated heterocycles. The summed E-state index contributed by atoms with van der Waals surface area (Å²) in [7, 11) is 1.65. The molecule has 1 rings (SSSR count). The van der Waals surface area contributed by atoms with Gasteiger partial charge in [0, 0.05) is 20.1 Å². The van der Waals surface area contributed by atoms with Gasteiger partial charge in [-0.3, -0.25) is 0 Å². The highest BCUT2D eigenvalue weighted by molar-refractivity contribution is 5.64. The van der Waals surface area contributed by atoms with Crippen LogP contribution in [-0.2, 0) is 0 Å². The van der Waals surface area contributed by atoms with E-state index in [9.17, 15) is 4.79 Å². The summed E-state index contributed by atoms with van der Waals surface area (Å²) in [6, 6.07) is 0. The van der Waals surface area contributed by atoms with Crippen molar-refractivity contribution < 1.29 is 9.90 Å². The van der Waals surface area contributed by atoms with Crippen molar-refractivity contribution in [1.29, 1.82) is 0 Å². The van der Waals surface area contributed by atoms with E-state index in [1.165, 1.54) is 30.6 Å². The fourth-order valence-electron chi connectivity index (χ4n) is 2.63. The third kappa shape index (κ3) is 6.62. The fraction of sp³-hybridized carbons (Fsp3) is 0.800. The SMILES string of the molecule is CCNCC=CC1CCC(CCN(C)C(=O)O)CC1. The second-order valence-electron chi connectivity index (χ2n) is 5.51. The van der Waals surface area contributed by atoms with E-state index < -0.39 is 6.09 Å². The zero-order chi connectivity index (χ0) is 14.1. The Balaban J connectivity index is 2.14. The molecule has 1 aliphatic carbocycles. The molecule has 0 atom stereocenters. The zero-order valence-electron chi connectivity index (χ0n) is 12.3. The lowest BCUT2D eigenvalue weighted by Gasteiger charge is -2.27. The maximum absolute atomic E-state index is 10.7. The quantitative estimate of drug-likeness (QED) is 0.551. The van der Waals surface area contributed by atoms with E-state index in [0.717, 1.165) is 25.4 Å². The van der Waals surface area contributed by atoms with Gasteiger partial charge < -0.3 is 15.3 Å². The van der Waals surface area contributed by atoms with Gasteiger partial charge in [0.25, 0.3) is 0 Å². The largest absolute Gasteiger partial charge is 0.465 e. The third-order valence-electron chi connectivity index (χ3n) is 4.01. The molecule has 1 aliphatic rings. The number of amides is 1. The summed E-state index contributed by atoms with van der Waals surface area (Å²) in [6.07, 6.45) is 9.77. The zero-order valence-corrected chi connectivity index (χ0v) is 12.3. The van der Waals surface area contributed by atoms with E-state index >= 15 is 0 Å². The van der Waals surface area contributed by atoms with E-state index in [-0.39, 0.29) is 0 Å². The van der Waals surface area contributed by atoms with Gasteiger partial charge in [-0.15, -0.1) is 0 Å². The van der Waals surface area contributed by atoms with Crippen molar-refractivity contribution >= 4 is 6.09 Å². The number of carbonyl (C=O) groups is 1. The van der Waals surface area contributed by atoms with Crippen LogP contribution in [0.25, 0.3) is 0 Å². The molecule has 0 aromatic heterocycles. The third-order valence-corrected chi connectivity index (χ3v) is 4.01. The van der Waals surface area contributed by atoms with Crippen molar-refractivity contribution in [3.8, 4) is 0 Å². The number of allylic oxidation sites excluding steroid dienone is 1. The van der Waals surface area contributed by atoms with Crippen LogP contribution in [0.2, 0.25) is 0 Å². The summed E-state index contributed by atoms with van der Waals surface area (Å²) in [4.78, 5) is 12.1. The fourth-order valence-corrected chi connectivity index (χ4v) is 2.63. The van der Waals surface area contributed by atoms with E-state index in [0.29, 0.717) is 12.5 Å². The smallest absolute Gasteiger partial charge is 0.407 e. The maximum atomic E-state index is 10.7. The molecule has 0 aromatic rings. The van der Waals surface area contributed by atoms with Gasteiger partial charge in [-0.25, -0.2) is 4.79 Å². The number of hydrogen-bond acceptors (Lipinski definition) is 2. The molecule has 1 amide bonds. The van der Waals surface area contributed by atoms with Crippen LogP contribution in [0.15, 0.2) is 12.2 Å². The van der Waals surface area contributed by atoms with E-state index in [2.05, 4.69) is 24.4 Å². The molecule has 0 aromatic carbocycles. The Morgan fingerprint density at radius 3 is 2.63 bits per heavy atom. The van der Waals surface area contributed by atoms with Crippen molar-refractivity contribution in [2.45, 2.75) is 39.0 Å². The Labute approximate surface area is 116 Å². The van der Waals surface area contributed by atoms with Gasteiger partial charge in [0.05, 0.1) is 0 Å². The molecule has 0 aliphatic heterocycles. The van der Waals surface area contributed by atoms with Crippen molar-refractivity contribution in [1.82, 2.24) is 10.2 Å². The first-order valence-electron chi connectivity index (χ1n) is 7.45. The highest BCUT2D eigenvalue weighted by atomic mass is 16.4. The number of likely N-dealkylation sites (N-methyl/N-ethyl adjacent to an activating group) is 1. The summed E-state index contributed by atoms with van der Waals surface area (Å²) in [5.41, 5.74) is 0. The lowest BCUT2D eigenvalue weighted by Crippen LogP contribution is -2.28. The molecular weight excluding hydrogens is 240 g/mol. The molecule has 1 saturated carbocycles. The molecule has 0 spiro atoms. The van der Waals surface area contributed by atoms with E-state index in [1.54, 1.807) is 7.05 Å². The average Bonchev–Trinajstić information content (AvgIpc) is 2.42. The Morgan fingerprint density at radius 2 is 2.05 bits per heavy atom. The Morgan fingerprint density at radius 1 is 1.37 bits per heavy atom. The van der Waals surface area contributed by atoms with Gasteiger partial charge in [0.1, 0.15) is 0 Å². The van der Waals surface area contributed by atoms with Crippen LogP contribution < -0.4 is 5.32 Å². The van der Waals surface area contributed by atoms with Gasteiger partial charge in [0.2, 0.25) is 0 Å². The highest BCUT2D eigenvalue weighted by Gasteiger charge is 2.20. The molecule has 19 heavy (non-hydrogen) atoms. The summed E-state index contributed by atoms with van der Waals surface area (Å²) in [6.45, 7) is 4.78. The van der Waals surface area contributed by atoms with Gasteiger partial charge in [-0.05, 0) is 50.5 Å². The van der Waals surface area contributed by atoms with E-state index in [4.69, 9.17) is 5.11 Å². The second kappa shape index (κ2) is 8.97. The Hall–Kier alpha value is -1.03. The van der Waals surface area contributed by atoms with Crippen LogP contribution in [0.4, 0.5) is 4.79 Å². The minimum absolute atomic E-state index is 0.668. The molecule has 1 fully saturated rings. The van der Waals surface area contributed by atoms with E-state index in [1.807, 2.05) is 0 Å². The standard InChI is InChI=1S/C15H28N2O2/c1-3-16-11-4-5-13-6-8-14(9-7-13)10-12-17(2)15(18)19/h4-5,13-14,16H,3,6-12H2,1-2H3,(H,18,19). The molecule has 4 heteroatoms. The number of nitrogens with one attached hydrogen (secondary N) is 1. The molecule has 0 radical (unpaired) electrons. The summed E-state index contributed by atoms with van der Waals surface area (Å²) in [5, 5.41) is 12.1. The number of nitrogens with zero attached hydrogens (tertiary/aromatic N) is 1. The maximum Gasteiger partial charge on any atom is 0.407 e. The van der Waals surface area contributed by atoms with Gasteiger partial charge in [-0.2, -0.15) is 0 Å². The molecule has 110 valence electrons. The first kappa shape index (κ1) is 16.0. The van der Waals surface area contributed by atoms with Crippen molar-refractivity contribution in [3.05, 3.63) is 12.2 Å². The number of carboxylic acid groups (broad SMARTS) is 1. The first-order chi connectivity index (χ1) is 9.13. The minimum atomic E-state index is -0.819. The molecular formula is C15H28N2O2. The lowest BCUT2D eigenvalue weighted by atomic mass is 9.80. The number of hydrogen-bond donors (Lipinski definition) is 2. The monoisotopic (exact) mass is 268 g/mol. The lowest BCUT2D eigenvalue weighted by molar-refractivity contribution is 0.150. The average molecular weight is 268 g/mol. The molecule has 0 heterocycles. The Bertz CT molecular complexity index is 284. The molecule has 4 nitrogen and oxygen atoms in total. The van der Waals surface area contributed by atoms with Crippen molar-refractivity contribution in [2.75, 3.05) is 26.7 Å². The summed E-state index contributed by atoms with van der Waals surface area (Å²) < 4.78 is 0. The van der Waals surface area contributed by atoms with Crippen LogP contribution in [-0.4, -0.2) is 42.8 Å². The first-order valence-corrected chi connectivity index (χ1v) is 7.45. The number of rotatable bonds is 7. The predicted molar refractivity (Wildman–Crippen MR) is 78.4 cm³/mol. The molecule has 0 bridgehead atoms. The Kier molecular flexibility index (Phi) is 7.56. The van der Waals surface area contributed by atoms with Crippen LogP contribution >= 0.6 is 0 Å². The van der Waals surface area contributed by atoms with Crippen LogP contribution in [0.1, 0.15) is 39.0 Å². The van der Waals surface area contributed by atoms with Gasteiger partial charge in [-0.1, -0.05) is 19.1 Å². The summed E-state index contributed by atoms with van der Waals surface area (Å²) in [5.74, 6) is 1.44. The second-order valence-corrected chi connectivity index (χ2v) is 5.51. The van der Waals surface area contributed by atoms with Crippen LogP contribution in [0, 0.1) is 11.8 Å². The minimum Gasteiger partial charge on any atom is -0.465 e. The van der Waals surface area contributed by atoms with Gasteiger partial charge in [0.15, 0.2) is 0 Å². The topological polar surface area (TPSA) is 52.6 Å². The van der Waals surface area contributed by atoms with Gasteiger partial charge >= 0.3 is 6.09 Å². The highest BCUT2D eigenvalue weighted by Crippen LogP contribution is 2.31. The van der Waals surface area contributed by atoms with Crippen molar-refractivity contribution in [3.63, 3.8) is 0 Å².